The molecule has 1 aliphatic heterocycles. The molecule has 0 atom stereocenters. The van der Waals surface area contributed by atoms with Crippen LogP contribution in [-0.4, -0.2) is 35.6 Å². The number of hydrogen-bond donors (Lipinski definition) is 1. The van der Waals surface area contributed by atoms with Crippen LogP contribution in [0.4, 0.5) is 0 Å². The molecule has 0 aliphatic carbocycles. The van der Waals surface area contributed by atoms with Crippen molar-refractivity contribution in [2.75, 3.05) is 19.6 Å². The van der Waals surface area contributed by atoms with E-state index in [1.807, 2.05) is 12.1 Å². The van der Waals surface area contributed by atoms with Gasteiger partial charge in [0.15, 0.2) is 0 Å². The van der Waals surface area contributed by atoms with E-state index in [1.54, 1.807) is 0 Å². The Balaban J connectivity index is 1.96. The first kappa shape index (κ1) is 14.8. The number of benzene rings is 1. The van der Waals surface area contributed by atoms with Crippen molar-refractivity contribution < 1.29 is 0 Å². The molecule has 0 saturated carbocycles. The summed E-state index contributed by atoms with van der Waals surface area (Å²) in [5, 5.41) is 4.54. The molecule has 1 saturated heterocycles. The van der Waals surface area contributed by atoms with Crippen molar-refractivity contribution in [3.05, 3.63) is 34.9 Å². The highest BCUT2D eigenvalue weighted by Crippen LogP contribution is 2.21. The molecule has 0 radical (unpaired) electrons. The third-order valence-electron chi connectivity index (χ3n) is 3.52. The SMILES string of the molecule is CC1(C)CN(CCc2cccc(Cl)c2)CC(C)(C)N1. The Bertz CT molecular complexity index is 424. The average Bonchev–Trinajstić information content (AvgIpc) is 2.22. The van der Waals surface area contributed by atoms with Crippen molar-refractivity contribution in [3.8, 4) is 0 Å². The summed E-state index contributed by atoms with van der Waals surface area (Å²) in [6.07, 6.45) is 1.06. The average molecular weight is 281 g/mol. The third kappa shape index (κ3) is 4.48. The second-order valence-electron chi connectivity index (χ2n) is 6.98. The Morgan fingerprint density at radius 1 is 1.16 bits per heavy atom. The fourth-order valence-electron chi connectivity index (χ4n) is 3.31. The standard InChI is InChI=1S/C16H25ClN2/c1-15(2)11-19(12-16(3,4)18-15)9-8-13-6-5-7-14(17)10-13/h5-7,10,18H,8-9,11-12H2,1-4H3. The highest BCUT2D eigenvalue weighted by molar-refractivity contribution is 6.30. The molecule has 0 unspecified atom stereocenters. The molecule has 1 heterocycles. The summed E-state index contributed by atoms with van der Waals surface area (Å²) in [6.45, 7) is 12.4. The Morgan fingerprint density at radius 2 is 1.79 bits per heavy atom. The van der Waals surface area contributed by atoms with E-state index in [1.165, 1.54) is 5.56 Å². The van der Waals surface area contributed by atoms with Gasteiger partial charge in [0.2, 0.25) is 0 Å². The van der Waals surface area contributed by atoms with Crippen LogP contribution in [0.5, 0.6) is 0 Å². The van der Waals surface area contributed by atoms with Crippen LogP contribution in [0.15, 0.2) is 24.3 Å². The molecule has 2 rings (SSSR count). The molecular weight excluding hydrogens is 256 g/mol. The van der Waals surface area contributed by atoms with Gasteiger partial charge in [0.05, 0.1) is 0 Å². The fourth-order valence-corrected chi connectivity index (χ4v) is 3.52. The molecule has 3 heteroatoms. The van der Waals surface area contributed by atoms with Gasteiger partial charge < -0.3 is 5.32 Å². The van der Waals surface area contributed by atoms with Crippen molar-refractivity contribution in [1.29, 1.82) is 0 Å². The minimum Gasteiger partial charge on any atom is -0.304 e. The summed E-state index contributed by atoms with van der Waals surface area (Å²) in [4.78, 5) is 2.55. The lowest BCUT2D eigenvalue weighted by molar-refractivity contribution is 0.0792. The predicted molar refractivity (Wildman–Crippen MR) is 82.9 cm³/mol. The van der Waals surface area contributed by atoms with Gasteiger partial charge in [-0.1, -0.05) is 23.7 Å². The molecule has 1 aromatic rings. The molecular formula is C16H25ClN2. The molecule has 1 aromatic carbocycles. The first-order chi connectivity index (χ1) is 8.76. The van der Waals surface area contributed by atoms with Crippen molar-refractivity contribution in [3.63, 3.8) is 0 Å². The third-order valence-corrected chi connectivity index (χ3v) is 3.76. The van der Waals surface area contributed by atoms with Gasteiger partial charge >= 0.3 is 0 Å². The van der Waals surface area contributed by atoms with E-state index in [-0.39, 0.29) is 11.1 Å². The largest absolute Gasteiger partial charge is 0.304 e. The maximum Gasteiger partial charge on any atom is 0.0408 e. The van der Waals surface area contributed by atoms with E-state index >= 15 is 0 Å². The van der Waals surface area contributed by atoms with Crippen LogP contribution in [0.25, 0.3) is 0 Å². The summed E-state index contributed by atoms with van der Waals surface area (Å²) in [5.74, 6) is 0. The summed E-state index contributed by atoms with van der Waals surface area (Å²) in [5.41, 5.74) is 1.67. The van der Waals surface area contributed by atoms with Crippen LogP contribution in [0.2, 0.25) is 5.02 Å². The minimum atomic E-state index is 0.177. The summed E-state index contributed by atoms with van der Waals surface area (Å²) >= 11 is 6.03. The van der Waals surface area contributed by atoms with Gasteiger partial charge in [-0.25, -0.2) is 0 Å². The van der Waals surface area contributed by atoms with Gasteiger partial charge in [-0.2, -0.15) is 0 Å². The van der Waals surface area contributed by atoms with Crippen LogP contribution >= 0.6 is 11.6 Å². The van der Waals surface area contributed by atoms with E-state index in [4.69, 9.17) is 11.6 Å². The molecule has 19 heavy (non-hydrogen) atoms. The lowest BCUT2D eigenvalue weighted by Gasteiger charge is -2.48. The van der Waals surface area contributed by atoms with Gasteiger partial charge in [0.1, 0.15) is 0 Å². The van der Waals surface area contributed by atoms with Crippen LogP contribution in [0, 0.1) is 0 Å². The Hall–Kier alpha value is -0.570. The molecule has 1 fully saturated rings. The zero-order valence-corrected chi connectivity index (χ0v) is 13.2. The first-order valence-electron chi connectivity index (χ1n) is 7.02. The van der Waals surface area contributed by atoms with E-state index in [0.29, 0.717) is 0 Å². The van der Waals surface area contributed by atoms with Crippen LogP contribution in [0.3, 0.4) is 0 Å². The second kappa shape index (κ2) is 5.43. The maximum absolute atomic E-state index is 6.03. The number of nitrogens with zero attached hydrogens (tertiary/aromatic N) is 1. The highest BCUT2D eigenvalue weighted by atomic mass is 35.5. The van der Waals surface area contributed by atoms with Gasteiger partial charge in [-0.15, -0.1) is 0 Å². The van der Waals surface area contributed by atoms with Crippen molar-refractivity contribution in [1.82, 2.24) is 10.2 Å². The molecule has 1 N–H and O–H groups in total. The zero-order valence-electron chi connectivity index (χ0n) is 12.5. The Labute approximate surface area is 122 Å². The molecule has 0 spiro atoms. The van der Waals surface area contributed by atoms with Gasteiger partial charge in [0.25, 0.3) is 0 Å². The molecule has 0 bridgehead atoms. The smallest absolute Gasteiger partial charge is 0.0408 e. The monoisotopic (exact) mass is 280 g/mol. The zero-order chi connectivity index (χ0) is 14.1. The van der Waals surface area contributed by atoms with Gasteiger partial charge in [-0.3, -0.25) is 4.90 Å². The molecule has 106 valence electrons. The van der Waals surface area contributed by atoms with Gasteiger partial charge in [0, 0.05) is 35.7 Å². The lowest BCUT2D eigenvalue weighted by Crippen LogP contribution is -2.66. The van der Waals surface area contributed by atoms with E-state index in [2.05, 4.69) is 50.0 Å². The maximum atomic E-state index is 6.03. The minimum absolute atomic E-state index is 0.177. The summed E-state index contributed by atoms with van der Waals surface area (Å²) in [7, 11) is 0. The summed E-state index contributed by atoms with van der Waals surface area (Å²) < 4.78 is 0. The molecule has 2 nitrogen and oxygen atoms in total. The van der Waals surface area contributed by atoms with Crippen molar-refractivity contribution >= 4 is 11.6 Å². The molecule has 0 amide bonds. The normalized spacial score (nSPS) is 22.4. The van der Waals surface area contributed by atoms with Crippen LogP contribution < -0.4 is 5.32 Å². The number of rotatable bonds is 3. The fraction of sp³-hybridized carbons (Fsp3) is 0.625. The molecule has 0 aromatic heterocycles. The van der Waals surface area contributed by atoms with Crippen molar-refractivity contribution in [2.45, 2.75) is 45.2 Å². The summed E-state index contributed by atoms with van der Waals surface area (Å²) in [6, 6.07) is 8.19. The number of nitrogens with one attached hydrogen (secondary N) is 1. The Kier molecular flexibility index (Phi) is 4.24. The topological polar surface area (TPSA) is 15.3 Å². The van der Waals surface area contributed by atoms with E-state index in [0.717, 1.165) is 31.1 Å². The van der Waals surface area contributed by atoms with Crippen LogP contribution in [-0.2, 0) is 6.42 Å². The highest BCUT2D eigenvalue weighted by Gasteiger charge is 2.35. The number of halogens is 1. The van der Waals surface area contributed by atoms with Crippen molar-refractivity contribution in [2.24, 2.45) is 0 Å². The quantitative estimate of drug-likeness (QED) is 0.913. The van der Waals surface area contributed by atoms with Gasteiger partial charge in [-0.05, 0) is 51.8 Å². The van der Waals surface area contributed by atoms with E-state index < -0.39 is 0 Å². The first-order valence-corrected chi connectivity index (χ1v) is 7.40. The lowest BCUT2D eigenvalue weighted by atomic mass is 9.91. The second-order valence-corrected chi connectivity index (χ2v) is 7.42. The Morgan fingerprint density at radius 3 is 2.37 bits per heavy atom. The van der Waals surface area contributed by atoms with Crippen LogP contribution in [0.1, 0.15) is 33.3 Å². The van der Waals surface area contributed by atoms with E-state index in [9.17, 15) is 0 Å². The molecule has 1 aliphatic rings. The predicted octanol–water partition coefficient (Wildman–Crippen LogP) is 3.34. The number of piperazine rings is 1. The number of hydrogen-bond acceptors (Lipinski definition) is 2.